The molecule has 0 amide bonds. The lowest BCUT2D eigenvalue weighted by molar-refractivity contribution is 0.217. The van der Waals surface area contributed by atoms with Crippen LogP contribution in [0.5, 0.6) is 11.5 Å². The second-order valence-electron chi connectivity index (χ2n) is 4.87. The standard InChI is InChI=1S/C18H23NO2/c1-3-15-5-4-6-18(13-15)21-12-11-20-17-9-7-16(8-10-17)14-19-2/h4-10,13,19H,3,11-12,14H2,1-2H3. The zero-order chi connectivity index (χ0) is 14.9. The van der Waals surface area contributed by atoms with E-state index in [1.54, 1.807) is 0 Å². The zero-order valence-corrected chi connectivity index (χ0v) is 12.8. The molecule has 0 saturated carbocycles. The molecule has 2 aromatic carbocycles. The molecule has 0 unspecified atom stereocenters. The molecule has 3 nitrogen and oxygen atoms in total. The van der Waals surface area contributed by atoms with Gasteiger partial charge in [-0.25, -0.2) is 0 Å². The molecule has 0 radical (unpaired) electrons. The largest absolute Gasteiger partial charge is 0.490 e. The van der Waals surface area contributed by atoms with Gasteiger partial charge in [0.1, 0.15) is 24.7 Å². The van der Waals surface area contributed by atoms with E-state index in [0.29, 0.717) is 13.2 Å². The summed E-state index contributed by atoms with van der Waals surface area (Å²) in [6, 6.07) is 16.3. The molecule has 0 bridgehead atoms. The van der Waals surface area contributed by atoms with Crippen molar-refractivity contribution < 1.29 is 9.47 Å². The van der Waals surface area contributed by atoms with Crippen LogP contribution in [-0.4, -0.2) is 20.3 Å². The van der Waals surface area contributed by atoms with Crippen molar-refractivity contribution in [2.75, 3.05) is 20.3 Å². The molecule has 0 aliphatic carbocycles. The first-order valence-electron chi connectivity index (χ1n) is 7.40. The van der Waals surface area contributed by atoms with E-state index in [4.69, 9.17) is 9.47 Å². The summed E-state index contributed by atoms with van der Waals surface area (Å²) in [5.41, 5.74) is 2.53. The monoisotopic (exact) mass is 285 g/mol. The fourth-order valence-electron chi connectivity index (χ4n) is 2.08. The van der Waals surface area contributed by atoms with Crippen molar-refractivity contribution in [3.63, 3.8) is 0 Å². The van der Waals surface area contributed by atoms with Crippen LogP contribution in [-0.2, 0) is 13.0 Å². The summed E-state index contributed by atoms with van der Waals surface area (Å²) in [5.74, 6) is 1.78. The number of ether oxygens (including phenoxy) is 2. The molecule has 0 spiro atoms. The Bertz CT molecular complexity index is 537. The molecule has 0 aliphatic rings. The smallest absolute Gasteiger partial charge is 0.122 e. The third kappa shape index (κ3) is 5.12. The second kappa shape index (κ2) is 8.32. The maximum absolute atomic E-state index is 5.70. The number of hydrogen-bond donors (Lipinski definition) is 1. The Hall–Kier alpha value is -2.00. The van der Waals surface area contributed by atoms with Crippen molar-refractivity contribution in [2.24, 2.45) is 0 Å². The molecular weight excluding hydrogens is 262 g/mol. The molecule has 0 saturated heterocycles. The normalized spacial score (nSPS) is 10.4. The topological polar surface area (TPSA) is 30.5 Å². The van der Waals surface area contributed by atoms with Crippen LogP contribution in [0.4, 0.5) is 0 Å². The van der Waals surface area contributed by atoms with E-state index < -0.39 is 0 Å². The van der Waals surface area contributed by atoms with Gasteiger partial charge in [-0.3, -0.25) is 0 Å². The van der Waals surface area contributed by atoms with Crippen molar-refractivity contribution in [3.8, 4) is 11.5 Å². The first kappa shape index (κ1) is 15.4. The number of benzene rings is 2. The van der Waals surface area contributed by atoms with Gasteiger partial charge < -0.3 is 14.8 Å². The van der Waals surface area contributed by atoms with E-state index in [1.807, 2.05) is 31.3 Å². The Morgan fingerprint density at radius 3 is 2.24 bits per heavy atom. The number of hydrogen-bond acceptors (Lipinski definition) is 3. The van der Waals surface area contributed by atoms with Crippen molar-refractivity contribution in [3.05, 3.63) is 59.7 Å². The lowest BCUT2D eigenvalue weighted by Crippen LogP contribution is -2.09. The maximum atomic E-state index is 5.70. The van der Waals surface area contributed by atoms with Gasteiger partial charge in [0.05, 0.1) is 0 Å². The van der Waals surface area contributed by atoms with Crippen LogP contribution in [0.15, 0.2) is 48.5 Å². The van der Waals surface area contributed by atoms with E-state index in [9.17, 15) is 0 Å². The Kier molecular flexibility index (Phi) is 6.10. The van der Waals surface area contributed by atoms with Gasteiger partial charge in [0.15, 0.2) is 0 Å². The van der Waals surface area contributed by atoms with Crippen LogP contribution in [0.3, 0.4) is 0 Å². The quantitative estimate of drug-likeness (QED) is 0.754. The van der Waals surface area contributed by atoms with Gasteiger partial charge in [0.25, 0.3) is 0 Å². The van der Waals surface area contributed by atoms with E-state index in [1.165, 1.54) is 11.1 Å². The fraction of sp³-hybridized carbons (Fsp3) is 0.333. The molecule has 0 atom stereocenters. The molecule has 21 heavy (non-hydrogen) atoms. The van der Waals surface area contributed by atoms with E-state index in [2.05, 4.69) is 36.5 Å². The average molecular weight is 285 g/mol. The van der Waals surface area contributed by atoms with Crippen LogP contribution in [0.1, 0.15) is 18.1 Å². The van der Waals surface area contributed by atoms with Gasteiger partial charge in [-0.2, -0.15) is 0 Å². The highest BCUT2D eigenvalue weighted by molar-refractivity contribution is 5.29. The minimum absolute atomic E-state index is 0.543. The molecule has 0 aliphatic heterocycles. The molecule has 3 heteroatoms. The van der Waals surface area contributed by atoms with Gasteiger partial charge in [0.2, 0.25) is 0 Å². The molecule has 112 valence electrons. The van der Waals surface area contributed by atoms with Crippen LogP contribution in [0.2, 0.25) is 0 Å². The SMILES string of the molecule is CCc1cccc(OCCOc2ccc(CNC)cc2)c1. The Morgan fingerprint density at radius 1 is 0.857 bits per heavy atom. The van der Waals surface area contributed by atoms with Gasteiger partial charge in [-0.1, -0.05) is 31.2 Å². The summed E-state index contributed by atoms with van der Waals surface area (Å²) in [7, 11) is 1.94. The van der Waals surface area contributed by atoms with Crippen molar-refractivity contribution in [2.45, 2.75) is 19.9 Å². The van der Waals surface area contributed by atoms with Crippen LogP contribution < -0.4 is 14.8 Å². The minimum Gasteiger partial charge on any atom is -0.490 e. The maximum Gasteiger partial charge on any atom is 0.122 e. The van der Waals surface area contributed by atoms with Crippen LogP contribution in [0, 0.1) is 0 Å². The molecule has 0 aromatic heterocycles. The molecule has 1 N–H and O–H groups in total. The number of nitrogens with one attached hydrogen (secondary N) is 1. The van der Waals surface area contributed by atoms with Gasteiger partial charge in [0, 0.05) is 6.54 Å². The summed E-state index contributed by atoms with van der Waals surface area (Å²) < 4.78 is 11.4. The van der Waals surface area contributed by atoms with Crippen LogP contribution in [0.25, 0.3) is 0 Å². The number of aryl methyl sites for hydroxylation is 1. The van der Waals surface area contributed by atoms with Crippen LogP contribution >= 0.6 is 0 Å². The predicted molar refractivity (Wildman–Crippen MR) is 86.0 cm³/mol. The highest BCUT2D eigenvalue weighted by Crippen LogP contribution is 2.14. The summed E-state index contributed by atoms with van der Waals surface area (Å²) in [6.45, 7) is 4.10. The van der Waals surface area contributed by atoms with Gasteiger partial charge in [-0.15, -0.1) is 0 Å². The third-order valence-electron chi connectivity index (χ3n) is 3.23. The van der Waals surface area contributed by atoms with Gasteiger partial charge >= 0.3 is 0 Å². The Labute approximate surface area is 126 Å². The summed E-state index contributed by atoms with van der Waals surface area (Å²) >= 11 is 0. The highest BCUT2D eigenvalue weighted by Gasteiger charge is 1.98. The highest BCUT2D eigenvalue weighted by atomic mass is 16.5. The molecule has 2 aromatic rings. The zero-order valence-electron chi connectivity index (χ0n) is 12.8. The Balaban J connectivity index is 1.73. The first-order valence-corrected chi connectivity index (χ1v) is 7.40. The van der Waals surface area contributed by atoms with E-state index in [0.717, 1.165) is 24.5 Å². The summed E-state index contributed by atoms with van der Waals surface area (Å²) in [5, 5.41) is 3.12. The molecule has 2 rings (SSSR count). The molecule has 0 fully saturated rings. The Morgan fingerprint density at radius 2 is 1.57 bits per heavy atom. The van der Waals surface area contributed by atoms with Crippen molar-refractivity contribution in [1.29, 1.82) is 0 Å². The van der Waals surface area contributed by atoms with Crippen molar-refractivity contribution in [1.82, 2.24) is 5.32 Å². The first-order chi connectivity index (χ1) is 10.3. The molecular formula is C18H23NO2. The minimum atomic E-state index is 0.543. The summed E-state index contributed by atoms with van der Waals surface area (Å²) in [4.78, 5) is 0. The summed E-state index contributed by atoms with van der Waals surface area (Å²) in [6.07, 6.45) is 1.02. The molecule has 0 heterocycles. The van der Waals surface area contributed by atoms with Crippen molar-refractivity contribution >= 4 is 0 Å². The number of rotatable bonds is 8. The average Bonchev–Trinajstić information content (AvgIpc) is 2.53. The predicted octanol–water partition coefficient (Wildman–Crippen LogP) is 3.43. The lowest BCUT2D eigenvalue weighted by atomic mass is 10.2. The second-order valence-corrected chi connectivity index (χ2v) is 4.87. The fourth-order valence-corrected chi connectivity index (χ4v) is 2.08. The lowest BCUT2D eigenvalue weighted by Gasteiger charge is -2.09. The third-order valence-corrected chi connectivity index (χ3v) is 3.23. The van der Waals surface area contributed by atoms with Gasteiger partial charge in [-0.05, 0) is 48.9 Å². The van der Waals surface area contributed by atoms with E-state index in [-0.39, 0.29) is 0 Å². The van der Waals surface area contributed by atoms with E-state index >= 15 is 0 Å².